The molecular weight excluding hydrogens is 306 g/mol. The van der Waals surface area contributed by atoms with Gasteiger partial charge in [-0.15, -0.1) is 0 Å². The number of hydrogen-bond donors (Lipinski definition) is 0. The molecule has 2 aromatic carbocycles. The maximum atomic E-state index is 12.8. The molecule has 1 aliphatic rings. The third-order valence-corrected chi connectivity index (χ3v) is 5.70. The molecular formula is C19H21NO2S. The zero-order chi connectivity index (χ0) is 18.9. The van der Waals surface area contributed by atoms with Crippen LogP contribution in [0.1, 0.15) is 27.2 Å². The van der Waals surface area contributed by atoms with E-state index in [2.05, 4.69) is 0 Å². The number of nitrogens with zero attached hydrogens (tertiary/aromatic N) is 1. The van der Waals surface area contributed by atoms with E-state index < -0.39 is 16.8 Å². The van der Waals surface area contributed by atoms with Crippen LogP contribution in [0.15, 0.2) is 59.5 Å². The molecule has 2 aromatic rings. The zero-order valence-electron chi connectivity index (χ0n) is 16.0. The Labute approximate surface area is 142 Å². The molecule has 0 aliphatic carbocycles. The van der Waals surface area contributed by atoms with Crippen LogP contribution in [0, 0.1) is 0 Å². The van der Waals surface area contributed by atoms with Gasteiger partial charge >= 0.3 is 0 Å². The minimum absolute atomic E-state index is 0.0350. The van der Waals surface area contributed by atoms with Gasteiger partial charge in [-0.2, -0.15) is 0 Å². The Bertz CT molecular complexity index is 949. The van der Waals surface area contributed by atoms with Crippen LogP contribution < -0.4 is 0 Å². The molecule has 23 heavy (non-hydrogen) atoms. The van der Waals surface area contributed by atoms with Crippen LogP contribution in [-0.2, 0) is 15.6 Å². The summed E-state index contributed by atoms with van der Waals surface area (Å²) in [6.45, 7) is -1.78. The maximum absolute atomic E-state index is 12.8. The highest BCUT2D eigenvalue weighted by molar-refractivity contribution is 7.90. The van der Waals surface area contributed by atoms with Crippen molar-refractivity contribution in [1.29, 1.82) is 0 Å². The predicted molar refractivity (Wildman–Crippen MR) is 94.0 cm³/mol. The van der Waals surface area contributed by atoms with Gasteiger partial charge in [0.15, 0.2) is 9.84 Å². The van der Waals surface area contributed by atoms with E-state index in [9.17, 15) is 8.42 Å². The highest BCUT2D eigenvalue weighted by Gasteiger charge is 2.27. The van der Waals surface area contributed by atoms with Crippen LogP contribution in [0.5, 0.6) is 0 Å². The first kappa shape index (κ1) is 12.5. The van der Waals surface area contributed by atoms with E-state index >= 15 is 0 Å². The number of fused-ring (bicyclic) bond motifs is 2. The van der Waals surface area contributed by atoms with E-state index in [1.54, 1.807) is 19.2 Å². The lowest BCUT2D eigenvalue weighted by atomic mass is 9.93. The van der Waals surface area contributed by atoms with Gasteiger partial charge in [-0.1, -0.05) is 48.5 Å². The van der Waals surface area contributed by atoms with Gasteiger partial charge in [-0.25, -0.2) is 8.42 Å². The summed E-state index contributed by atoms with van der Waals surface area (Å²) in [7, 11) is -1.87. The molecule has 0 bridgehead atoms. The largest absolute Gasteiger partial charge is 0.309 e. The number of rotatable bonds is 3. The summed E-state index contributed by atoms with van der Waals surface area (Å²) in [5.41, 5.74) is 3.17. The summed E-state index contributed by atoms with van der Waals surface area (Å²) >= 11 is 0. The summed E-state index contributed by atoms with van der Waals surface area (Å²) in [6, 6.07) is 14.5. The molecule has 0 aromatic heterocycles. The molecule has 0 spiro atoms. The Morgan fingerprint density at radius 1 is 1.13 bits per heavy atom. The number of benzene rings is 2. The fourth-order valence-corrected chi connectivity index (χ4v) is 4.53. The SMILES string of the molecule is [2H]C([2H])([2H])N(C)CC/C=C1\c2ccccc2CS(=O)(=O)c2ccccc21. The van der Waals surface area contributed by atoms with Crippen molar-refractivity contribution in [3.8, 4) is 0 Å². The van der Waals surface area contributed by atoms with Crippen LogP contribution in [0.2, 0.25) is 0 Å². The van der Waals surface area contributed by atoms with E-state index in [0.29, 0.717) is 23.4 Å². The predicted octanol–water partition coefficient (Wildman–Crippen LogP) is 3.36. The van der Waals surface area contributed by atoms with Gasteiger partial charge in [0, 0.05) is 16.2 Å². The molecule has 0 fully saturated rings. The van der Waals surface area contributed by atoms with Crippen molar-refractivity contribution in [1.82, 2.24) is 4.90 Å². The minimum atomic E-state index is -3.43. The topological polar surface area (TPSA) is 37.4 Å². The fraction of sp³-hybridized carbons (Fsp3) is 0.263. The lowest BCUT2D eigenvalue weighted by molar-refractivity contribution is 0.417. The average Bonchev–Trinajstić information content (AvgIpc) is 2.67. The summed E-state index contributed by atoms with van der Waals surface area (Å²) < 4.78 is 47.9. The first-order valence-electron chi connectivity index (χ1n) is 9.02. The molecule has 0 saturated heterocycles. The molecule has 4 heteroatoms. The molecule has 120 valence electrons. The van der Waals surface area contributed by atoms with Crippen LogP contribution >= 0.6 is 0 Å². The van der Waals surface area contributed by atoms with Gasteiger partial charge < -0.3 is 4.90 Å². The van der Waals surface area contributed by atoms with E-state index in [0.717, 1.165) is 16.7 Å². The second kappa shape index (κ2) is 6.30. The molecule has 0 N–H and O–H groups in total. The Hall–Kier alpha value is -1.91. The Kier molecular flexibility index (Phi) is 3.43. The van der Waals surface area contributed by atoms with Gasteiger partial charge in [-0.3, -0.25) is 0 Å². The van der Waals surface area contributed by atoms with Crippen molar-refractivity contribution < 1.29 is 12.5 Å². The van der Waals surface area contributed by atoms with Crippen LogP contribution in [0.3, 0.4) is 0 Å². The van der Waals surface area contributed by atoms with E-state index in [1.807, 2.05) is 42.5 Å². The minimum Gasteiger partial charge on any atom is -0.309 e. The first-order chi connectivity index (χ1) is 12.2. The molecule has 1 aliphatic heterocycles. The van der Waals surface area contributed by atoms with Gasteiger partial charge in [0.05, 0.1) is 10.6 Å². The molecule has 1 heterocycles. The average molecular weight is 330 g/mol. The Balaban J connectivity index is 2.08. The zero-order valence-corrected chi connectivity index (χ0v) is 13.8. The summed E-state index contributed by atoms with van der Waals surface area (Å²) in [6.07, 6.45) is 2.45. The quantitative estimate of drug-likeness (QED) is 0.866. The standard InChI is InChI=1S/C19H21NO2S/c1-20(2)13-7-11-17-16-9-4-3-8-15(16)14-23(21,22)19-12-6-5-10-18(17)19/h3-6,8-12H,7,13-14H2,1-2H3/b17-11+/i1D3. The van der Waals surface area contributed by atoms with E-state index in [-0.39, 0.29) is 5.75 Å². The third kappa shape index (κ3) is 3.23. The molecule has 0 saturated carbocycles. The normalized spacial score (nSPS) is 20.1. The summed E-state index contributed by atoms with van der Waals surface area (Å²) in [4.78, 5) is 1.64. The van der Waals surface area contributed by atoms with Gasteiger partial charge in [-0.05, 0) is 43.2 Å². The van der Waals surface area contributed by atoms with Crippen molar-refractivity contribution in [2.24, 2.45) is 0 Å². The van der Waals surface area contributed by atoms with Gasteiger partial charge in [0.2, 0.25) is 0 Å². The van der Waals surface area contributed by atoms with Crippen molar-refractivity contribution in [2.45, 2.75) is 17.1 Å². The molecule has 3 nitrogen and oxygen atoms in total. The fourth-order valence-electron chi connectivity index (χ4n) is 2.92. The van der Waals surface area contributed by atoms with E-state index in [4.69, 9.17) is 4.11 Å². The van der Waals surface area contributed by atoms with Crippen molar-refractivity contribution >= 4 is 15.4 Å². The van der Waals surface area contributed by atoms with E-state index in [1.165, 1.54) is 4.90 Å². The van der Waals surface area contributed by atoms with Crippen molar-refractivity contribution in [2.75, 3.05) is 20.6 Å². The Morgan fingerprint density at radius 3 is 2.61 bits per heavy atom. The van der Waals surface area contributed by atoms with Crippen molar-refractivity contribution in [3.63, 3.8) is 0 Å². The first-order valence-corrected chi connectivity index (χ1v) is 9.17. The van der Waals surface area contributed by atoms with Crippen LogP contribution in [0.25, 0.3) is 5.57 Å². The highest BCUT2D eigenvalue weighted by atomic mass is 32.2. The number of hydrogen-bond acceptors (Lipinski definition) is 3. The van der Waals surface area contributed by atoms with Crippen LogP contribution in [-0.4, -0.2) is 33.9 Å². The highest BCUT2D eigenvalue weighted by Crippen LogP contribution is 2.36. The molecule has 0 amide bonds. The second-order valence-corrected chi connectivity index (χ2v) is 7.70. The van der Waals surface area contributed by atoms with Gasteiger partial charge in [0.1, 0.15) is 0 Å². The summed E-state index contributed by atoms with van der Waals surface area (Å²) in [5, 5.41) is 0. The lowest BCUT2D eigenvalue weighted by Crippen LogP contribution is -2.12. The van der Waals surface area contributed by atoms with Crippen molar-refractivity contribution in [3.05, 3.63) is 71.3 Å². The number of sulfone groups is 1. The molecule has 0 unspecified atom stereocenters. The summed E-state index contributed by atoms with van der Waals surface area (Å²) in [5.74, 6) is -0.0350. The molecule has 3 rings (SSSR count). The third-order valence-electron chi connectivity index (χ3n) is 3.98. The molecule has 0 radical (unpaired) electrons. The lowest BCUT2D eigenvalue weighted by Gasteiger charge is -2.12. The molecule has 0 atom stereocenters. The maximum Gasteiger partial charge on any atom is 0.183 e. The Morgan fingerprint density at radius 2 is 1.83 bits per heavy atom. The second-order valence-electron chi connectivity index (χ2n) is 5.74. The van der Waals surface area contributed by atoms with Crippen LogP contribution in [0.4, 0.5) is 0 Å². The smallest absolute Gasteiger partial charge is 0.183 e. The monoisotopic (exact) mass is 330 g/mol. The van der Waals surface area contributed by atoms with Gasteiger partial charge in [0.25, 0.3) is 0 Å².